The van der Waals surface area contributed by atoms with E-state index in [1.165, 1.54) is 18.2 Å². The smallest absolute Gasteiger partial charge is 0.271 e. The van der Waals surface area contributed by atoms with Crippen LogP contribution in [-0.2, 0) is 9.59 Å². The Hall–Kier alpha value is -1.76. The molecule has 1 amide bonds. The maximum Gasteiger partial charge on any atom is 0.271 e. The number of non-ortho nitro benzene ring substituents is 1. The van der Waals surface area contributed by atoms with Gasteiger partial charge in [-0.3, -0.25) is 19.7 Å². The highest BCUT2D eigenvalue weighted by atomic mass is 79.9. The number of halogens is 1. The molecule has 7 heteroatoms. The summed E-state index contributed by atoms with van der Waals surface area (Å²) < 4.78 is 0.548. The van der Waals surface area contributed by atoms with Crippen LogP contribution < -0.4 is 5.32 Å². The fourth-order valence-corrected chi connectivity index (χ4v) is 4.29. The molecule has 122 valence electrons. The second-order valence-electron chi connectivity index (χ2n) is 6.95. The first kappa shape index (κ1) is 16.1. The molecule has 1 aromatic rings. The number of hydrogen-bond donors (Lipinski definition) is 1. The number of hydrogen-bond acceptors (Lipinski definition) is 4. The Morgan fingerprint density at radius 1 is 1.43 bits per heavy atom. The fraction of sp³-hybridized carbons (Fsp3) is 0.500. The number of ketones is 1. The summed E-state index contributed by atoms with van der Waals surface area (Å²) in [7, 11) is 0. The number of nitro groups is 1. The lowest BCUT2D eigenvalue weighted by Gasteiger charge is -2.32. The van der Waals surface area contributed by atoms with E-state index in [1.54, 1.807) is 0 Å². The SMILES string of the molecule is CC1(C)C(=O)C2(C(=O)Nc3cc([N+](=O)[O-])ccc3Br)CCC1C2. The molecule has 2 bridgehead atoms. The second-order valence-corrected chi connectivity index (χ2v) is 7.80. The molecular formula is C16H17BrN2O4. The number of carbonyl (C=O) groups excluding carboxylic acids is 2. The Labute approximate surface area is 141 Å². The van der Waals surface area contributed by atoms with Gasteiger partial charge in [-0.1, -0.05) is 13.8 Å². The third-order valence-corrected chi connectivity index (χ3v) is 6.09. The molecule has 0 aromatic heterocycles. The minimum absolute atomic E-state index is 0.0136. The number of nitrogens with one attached hydrogen (secondary N) is 1. The van der Waals surface area contributed by atoms with Crippen LogP contribution in [0.4, 0.5) is 11.4 Å². The average molecular weight is 381 g/mol. The van der Waals surface area contributed by atoms with E-state index in [9.17, 15) is 19.7 Å². The van der Waals surface area contributed by atoms with Gasteiger partial charge in [0.1, 0.15) is 5.41 Å². The molecule has 2 atom stereocenters. The maximum atomic E-state index is 12.8. The fourth-order valence-electron chi connectivity index (χ4n) is 3.94. The number of nitro benzene ring substituents is 1. The van der Waals surface area contributed by atoms with Crippen LogP contribution in [0.2, 0.25) is 0 Å². The third kappa shape index (κ3) is 2.29. The van der Waals surface area contributed by atoms with E-state index in [0.29, 0.717) is 23.0 Å². The van der Waals surface area contributed by atoms with E-state index in [1.807, 2.05) is 13.8 Å². The largest absolute Gasteiger partial charge is 0.324 e. The normalized spacial score (nSPS) is 28.0. The van der Waals surface area contributed by atoms with Crippen LogP contribution in [0, 0.1) is 26.9 Å². The maximum absolute atomic E-state index is 12.8. The zero-order valence-electron chi connectivity index (χ0n) is 12.9. The van der Waals surface area contributed by atoms with Gasteiger partial charge in [0.05, 0.1) is 10.6 Å². The van der Waals surface area contributed by atoms with Crippen LogP contribution in [0.5, 0.6) is 0 Å². The molecule has 0 radical (unpaired) electrons. The van der Waals surface area contributed by atoms with Gasteiger partial charge in [0.2, 0.25) is 5.91 Å². The van der Waals surface area contributed by atoms with Crippen molar-refractivity contribution in [3.05, 3.63) is 32.8 Å². The van der Waals surface area contributed by atoms with Gasteiger partial charge in [0.15, 0.2) is 5.78 Å². The standard InChI is InChI=1S/C16H17BrN2O4/c1-15(2)9-5-6-16(8-9,13(15)20)14(21)18-12-7-10(19(22)23)3-4-11(12)17/h3-4,7,9H,5-6,8H2,1-2H3,(H,18,21). The lowest BCUT2D eigenvalue weighted by atomic mass is 9.70. The zero-order valence-corrected chi connectivity index (χ0v) is 14.5. The lowest BCUT2D eigenvalue weighted by Crippen LogP contribution is -2.44. The van der Waals surface area contributed by atoms with Crippen molar-refractivity contribution in [2.24, 2.45) is 16.7 Å². The number of anilines is 1. The molecule has 2 saturated carbocycles. The van der Waals surface area contributed by atoms with Crippen LogP contribution in [0.3, 0.4) is 0 Å². The van der Waals surface area contributed by atoms with E-state index < -0.39 is 15.8 Å². The van der Waals surface area contributed by atoms with Gasteiger partial charge < -0.3 is 5.32 Å². The molecule has 2 unspecified atom stereocenters. The van der Waals surface area contributed by atoms with E-state index in [2.05, 4.69) is 21.2 Å². The summed E-state index contributed by atoms with van der Waals surface area (Å²) in [6.07, 6.45) is 1.98. The molecule has 0 saturated heterocycles. The van der Waals surface area contributed by atoms with Crippen molar-refractivity contribution in [3.63, 3.8) is 0 Å². The summed E-state index contributed by atoms with van der Waals surface area (Å²) >= 11 is 3.28. The zero-order chi connectivity index (χ0) is 17.0. The first-order chi connectivity index (χ1) is 10.7. The number of carbonyl (C=O) groups is 2. The third-order valence-electron chi connectivity index (χ3n) is 5.40. The van der Waals surface area contributed by atoms with Gasteiger partial charge in [-0.2, -0.15) is 0 Å². The molecule has 0 aliphatic heterocycles. The molecule has 23 heavy (non-hydrogen) atoms. The molecule has 0 spiro atoms. The summed E-state index contributed by atoms with van der Waals surface area (Å²) in [5.41, 5.74) is -1.25. The average Bonchev–Trinajstić information content (AvgIpc) is 3.01. The Morgan fingerprint density at radius 3 is 2.70 bits per heavy atom. The first-order valence-electron chi connectivity index (χ1n) is 7.49. The van der Waals surface area contributed by atoms with E-state index in [0.717, 1.165) is 6.42 Å². The van der Waals surface area contributed by atoms with Crippen LogP contribution in [-0.4, -0.2) is 16.6 Å². The van der Waals surface area contributed by atoms with E-state index >= 15 is 0 Å². The topological polar surface area (TPSA) is 89.3 Å². The van der Waals surface area contributed by atoms with Gasteiger partial charge in [-0.25, -0.2) is 0 Å². The molecule has 6 nitrogen and oxygen atoms in total. The highest BCUT2D eigenvalue weighted by Gasteiger charge is 2.65. The minimum atomic E-state index is -0.988. The molecule has 2 aliphatic carbocycles. The van der Waals surface area contributed by atoms with Crippen molar-refractivity contribution >= 4 is 39.0 Å². The molecular weight excluding hydrogens is 364 g/mol. The quantitative estimate of drug-likeness (QED) is 0.491. The van der Waals surface area contributed by atoms with Crippen LogP contribution in [0.1, 0.15) is 33.1 Å². The van der Waals surface area contributed by atoms with Gasteiger partial charge in [-0.05, 0) is 47.2 Å². The van der Waals surface area contributed by atoms with Crippen molar-refractivity contribution in [1.29, 1.82) is 0 Å². The minimum Gasteiger partial charge on any atom is -0.324 e. The summed E-state index contributed by atoms with van der Waals surface area (Å²) in [6.45, 7) is 3.80. The van der Waals surface area contributed by atoms with Crippen molar-refractivity contribution in [2.45, 2.75) is 33.1 Å². The van der Waals surface area contributed by atoms with Crippen LogP contribution >= 0.6 is 15.9 Å². The van der Waals surface area contributed by atoms with Gasteiger partial charge in [-0.15, -0.1) is 0 Å². The monoisotopic (exact) mass is 380 g/mol. The number of benzene rings is 1. The molecule has 0 heterocycles. The van der Waals surface area contributed by atoms with E-state index in [4.69, 9.17) is 0 Å². The van der Waals surface area contributed by atoms with Gasteiger partial charge in [0, 0.05) is 22.0 Å². The Kier molecular flexibility index (Phi) is 3.59. The van der Waals surface area contributed by atoms with Gasteiger partial charge in [0.25, 0.3) is 5.69 Å². The van der Waals surface area contributed by atoms with Crippen molar-refractivity contribution in [1.82, 2.24) is 0 Å². The lowest BCUT2D eigenvalue weighted by molar-refractivity contribution is -0.384. The Bertz CT molecular complexity index is 731. The van der Waals surface area contributed by atoms with Gasteiger partial charge >= 0.3 is 0 Å². The Morgan fingerprint density at radius 2 is 2.13 bits per heavy atom. The summed E-state index contributed by atoms with van der Waals surface area (Å²) in [4.78, 5) is 35.9. The highest BCUT2D eigenvalue weighted by molar-refractivity contribution is 9.10. The Balaban J connectivity index is 1.90. The predicted octanol–water partition coefficient (Wildman–Crippen LogP) is 3.69. The summed E-state index contributed by atoms with van der Waals surface area (Å²) in [5, 5.41) is 13.6. The van der Waals surface area contributed by atoms with Crippen LogP contribution in [0.25, 0.3) is 0 Å². The molecule has 3 rings (SSSR count). The van der Waals surface area contributed by atoms with E-state index in [-0.39, 0.29) is 23.3 Å². The molecule has 1 N–H and O–H groups in total. The number of nitrogens with zero attached hydrogens (tertiary/aromatic N) is 1. The first-order valence-corrected chi connectivity index (χ1v) is 8.28. The molecule has 2 aliphatic rings. The molecule has 2 fully saturated rings. The van der Waals surface area contributed by atoms with Crippen molar-refractivity contribution in [3.8, 4) is 0 Å². The van der Waals surface area contributed by atoms with Crippen molar-refractivity contribution < 1.29 is 14.5 Å². The summed E-state index contributed by atoms with van der Waals surface area (Å²) in [6, 6.07) is 4.17. The van der Waals surface area contributed by atoms with Crippen molar-refractivity contribution in [2.75, 3.05) is 5.32 Å². The second kappa shape index (κ2) is 5.12. The number of fused-ring (bicyclic) bond motifs is 2. The van der Waals surface area contributed by atoms with Crippen LogP contribution in [0.15, 0.2) is 22.7 Å². The number of Topliss-reactive ketones (excluding diaryl/α,β-unsaturated/α-hetero) is 1. The number of amides is 1. The highest BCUT2D eigenvalue weighted by Crippen LogP contribution is 2.60. The predicted molar refractivity (Wildman–Crippen MR) is 88.0 cm³/mol. The molecule has 1 aromatic carbocycles. The number of rotatable bonds is 3. The summed E-state index contributed by atoms with van der Waals surface area (Å²) in [5.74, 6) is -0.133.